The van der Waals surface area contributed by atoms with Crippen molar-refractivity contribution in [2.24, 2.45) is 5.10 Å². The fourth-order valence-corrected chi connectivity index (χ4v) is 2.47. The molecular formula is C18H17BrN2O4. The lowest BCUT2D eigenvalue weighted by atomic mass is 10.1. The number of carbonyl (C=O) groups is 2. The van der Waals surface area contributed by atoms with Crippen LogP contribution in [0.5, 0.6) is 5.75 Å². The summed E-state index contributed by atoms with van der Waals surface area (Å²) in [5.41, 5.74) is 4.70. The van der Waals surface area contributed by atoms with Gasteiger partial charge in [-0.15, -0.1) is 0 Å². The molecule has 0 spiro atoms. The van der Waals surface area contributed by atoms with Crippen molar-refractivity contribution in [3.8, 4) is 5.75 Å². The molecule has 0 fully saturated rings. The number of esters is 1. The molecule has 2 rings (SSSR count). The van der Waals surface area contributed by atoms with Crippen molar-refractivity contribution >= 4 is 34.0 Å². The molecule has 0 atom stereocenters. The van der Waals surface area contributed by atoms with Crippen LogP contribution in [0.25, 0.3) is 0 Å². The highest BCUT2D eigenvalue weighted by Crippen LogP contribution is 2.25. The van der Waals surface area contributed by atoms with Crippen LogP contribution >= 0.6 is 15.9 Å². The number of rotatable bonds is 6. The third-order valence-electron chi connectivity index (χ3n) is 3.30. The molecule has 130 valence electrons. The monoisotopic (exact) mass is 404 g/mol. The number of benzene rings is 2. The molecule has 2 aromatic rings. The van der Waals surface area contributed by atoms with E-state index in [1.807, 2.05) is 19.1 Å². The highest BCUT2D eigenvalue weighted by atomic mass is 79.9. The van der Waals surface area contributed by atoms with E-state index < -0.39 is 5.97 Å². The highest BCUT2D eigenvalue weighted by molar-refractivity contribution is 9.10. The van der Waals surface area contributed by atoms with Crippen LogP contribution in [0.3, 0.4) is 0 Å². The van der Waals surface area contributed by atoms with Crippen molar-refractivity contribution in [2.45, 2.75) is 6.92 Å². The zero-order valence-corrected chi connectivity index (χ0v) is 15.4. The Morgan fingerprint density at radius 3 is 2.68 bits per heavy atom. The summed E-state index contributed by atoms with van der Waals surface area (Å²) >= 11 is 3.36. The van der Waals surface area contributed by atoms with Crippen molar-refractivity contribution in [1.82, 2.24) is 5.43 Å². The van der Waals surface area contributed by atoms with Crippen LogP contribution in [0.1, 0.15) is 21.5 Å². The molecular weight excluding hydrogens is 388 g/mol. The highest BCUT2D eigenvalue weighted by Gasteiger charge is 2.07. The Hall–Kier alpha value is -2.67. The molecule has 0 saturated carbocycles. The predicted molar refractivity (Wildman–Crippen MR) is 97.9 cm³/mol. The first-order chi connectivity index (χ1) is 12.0. The van der Waals surface area contributed by atoms with Crippen LogP contribution in [0, 0.1) is 6.92 Å². The standard InChI is InChI=1S/C18H17BrN2O4/c1-12-5-3-4-6-14(12)18(23)21-20-10-13-7-8-16(15(19)9-13)25-11-17(22)24-2/h3-10H,11H2,1-2H3,(H,21,23)/b20-10-. The number of nitrogens with zero attached hydrogens (tertiary/aromatic N) is 1. The van der Waals surface area contributed by atoms with Crippen LogP contribution < -0.4 is 10.2 Å². The van der Waals surface area contributed by atoms with Gasteiger partial charge in [0.2, 0.25) is 0 Å². The van der Waals surface area contributed by atoms with Crippen molar-refractivity contribution < 1.29 is 19.1 Å². The van der Waals surface area contributed by atoms with Gasteiger partial charge in [-0.2, -0.15) is 5.10 Å². The van der Waals surface area contributed by atoms with Gasteiger partial charge in [0.1, 0.15) is 5.75 Å². The van der Waals surface area contributed by atoms with E-state index in [9.17, 15) is 9.59 Å². The van der Waals surface area contributed by atoms with Gasteiger partial charge in [0.05, 0.1) is 17.8 Å². The molecule has 0 aliphatic rings. The Balaban J connectivity index is 1.97. The minimum absolute atomic E-state index is 0.172. The summed E-state index contributed by atoms with van der Waals surface area (Å²) in [5.74, 6) is -0.227. The fraction of sp³-hybridized carbons (Fsp3) is 0.167. The number of carbonyl (C=O) groups excluding carboxylic acids is 2. The summed E-state index contributed by atoms with van der Waals surface area (Å²) < 4.78 is 10.5. The number of methoxy groups -OCH3 is 1. The van der Waals surface area contributed by atoms with E-state index in [2.05, 4.69) is 31.2 Å². The molecule has 1 amide bonds. The topological polar surface area (TPSA) is 77.0 Å². The molecule has 6 nitrogen and oxygen atoms in total. The van der Waals surface area contributed by atoms with Gasteiger partial charge in [-0.05, 0) is 58.2 Å². The summed E-state index contributed by atoms with van der Waals surface area (Å²) in [7, 11) is 1.30. The van der Waals surface area contributed by atoms with Gasteiger partial charge in [0.15, 0.2) is 6.61 Å². The van der Waals surface area contributed by atoms with E-state index in [0.717, 1.165) is 11.1 Å². The molecule has 0 aliphatic heterocycles. The quantitative estimate of drug-likeness (QED) is 0.455. The lowest BCUT2D eigenvalue weighted by Crippen LogP contribution is -2.18. The smallest absolute Gasteiger partial charge is 0.343 e. The molecule has 0 heterocycles. The van der Waals surface area contributed by atoms with E-state index in [4.69, 9.17) is 4.74 Å². The lowest BCUT2D eigenvalue weighted by Gasteiger charge is -2.07. The summed E-state index contributed by atoms with van der Waals surface area (Å²) in [4.78, 5) is 23.1. The van der Waals surface area contributed by atoms with Gasteiger partial charge < -0.3 is 9.47 Å². The Bertz CT molecular complexity index is 805. The number of nitrogens with one attached hydrogen (secondary N) is 1. The summed E-state index contributed by atoms with van der Waals surface area (Å²) in [6.45, 7) is 1.69. The molecule has 1 N–H and O–H groups in total. The van der Waals surface area contributed by atoms with E-state index in [1.165, 1.54) is 13.3 Å². The number of hydrazone groups is 1. The minimum atomic E-state index is -0.462. The first-order valence-electron chi connectivity index (χ1n) is 7.39. The van der Waals surface area contributed by atoms with E-state index in [1.54, 1.807) is 30.3 Å². The number of halogens is 1. The predicted octanol–water partition coefficient (Wildman–Crippen LogP) is 3.07. The second-order valence-electron chi connectivity index (χ2n) is 5.07. The van der Waals surface area contributed by atoms with Gasteiger partial charge >= 0.3 is 5.97 Å². The number of amides is 1. The third kappa shape index (κ3) is 5.42. The molecule has 0 aliphatic carbocycles. The molecule has 0 radical (unpaired) electrons. The van der Waals surface area contributed by atoms with Crippen molar-refractivity contribution in [3.05, 3.63) is 63.6 Å². The lowest BCUT2D eigenvalue weighted by molar-refractivity contribution is -0.142. The molecule has 0 saturated heterocycles. The first kappa shape index (κ1) is 18.7. The zero-order valence-electron chi connectivity index (χ0n) is 13.8. The summed E-state index contributed by atoms with van der Waals surface area (Å²) in [6, 6.07) is 12.5. The van der Waals surface area contributed by atoms with Crippen LogP contribution in [0.4, 0.5) is 0 Å². The molecule has 7 heteroatoms. The zero-order chi connectivity index (χ0) is 18.2. The van der Waals surface area contributed by atoms with Gasteiger partial charge in [-0.3, -0.25) is 4.79 Å². The second-order valence-corrected chi connectivity index (χ2v) is 5.92. The molecule has 0 aromatic heterocycles. The molecule has 25 heavy (non-hydrogen) atoms. The Kier molecular flexibility index (Phi) is 6.71. The van der Waals surface area contributed by atoms with Crippen molar-refractivity contribution in [2.75, 3.05) is 13.7 Å². The number of hydrogen-bond donors (Lipinski definition) is 1. The fourth-order valence-electron chi connectivity index (χ4n) is 1.96. The number of ether oxygens (including phenoxy) is 2. The average Bonchev–Trinajstić information content (AvgIpc) is 2.61. The van der Waals surface area contributed by atoms with Crippen molar-refractivity contribution in [3.63, 3.8) is 0 Å². The van der Waals surface area contributed by atoms with Gasteiger partial charge in [0, 0.05) is 5.56 Å². The van der Waals surface area contributed by atoms with Crippen LogP contribution in [-0.2, 0) is 9.53 Å². The second kappa shape index (κ2) is 8.98. The maximum absolute atomic E-state index is 12.1. The number of aryl methyl sites for hydroxylation is 1. The van der Waals surface area contributed by atoms with Crippen LogP contribution in [0.15, 0.2) is 52.0 Å². The average molecular weight is 405 g/mol. The van der Waals surface area contributed by atoms with Gasteiger partial charge in [0.25, 0.3) is 5.91 Å². The summed E-state index contributed by atoms with van der Waals surface area (Å²) in [6.07, 6.45) is 1.52. The maximum atomic E-state index is 12.1. The molecule has 0 unspecified atom stereocenters. The Labute approximate surface area is 154 Å². The Morgan fingerprint density at radius 1 is 1.24 bits per heavy atom. The van der Waals surface area contributed by atoms with E-state index in [0.29, 0.717) is 15.8 Å². The van der Waals surface area contributed by atoms with Crippen LogP contribution in [-0.4, -0.2) is 31.8 Å². The maximum Gasteiger partial charge on any atom is 0.343 e. The van der Waals surface area contributed by atoms with E-state index in [-0.39, 0.29) is 12.5 Å². The van der Waals surface area contributed by atoms with Gasteiger partial charge in [-0.25, -0.2) is 10.2 Å². The minimum Gasteiger partial charge on any atom is -0.481 e. The summed E-state index contributed by atoms with van der Waals surface area (Å²) in [5, 5.41) is 3.96. The SMILES string of the molecule is COC(=O)COc1ccc(/C=N\NC(=O)c2ccccc2C)cc1Br. The first-order valence-corrected chi connectivity index (χ1v) is 8.18. The number of hydrogen-bond acceptors (Lipinski definition) is 5. The van der Waals surface area contributed by atoms with E-state index >= 15 is 0 Å². The van der Waals surface area contributed by atoms with Gasteiger partial charge in [-0.1, -0.05) is 18.2 Å². The largest absolute Gasteiger partial charge is 0.481 e. The van der Waals surface area contributed by atoms with Crippen LogP contribution in [0.2, 0.25) is 0 Å². The van der Waals surface area contributed by atoms with Crippen molar-refractivity contribution in [1.29, 1.82) is 0 Å². The molecule has 0 bridgehead atoms. The normalized spacial score (nSPS) is 10.5. The Morgan fingerprint density at radius 2 is 2.00 bits per heavy atom. The molecule has 2 aromatic carbocycles. The third-order valence-corrected chi connectivity index (χ3v) is 3.92.